The molecule has 0 aliphatic heterocycles. The maximum absolute atomic E-state index is 13.0. The van der Waals surface area contributed by atoms with Gasteiger partial charge in [0.05, 0.1) is 18.2 Å². The molecule has 0 fully saturated rings. The number of benzene rings is 4. The van der Waals surface area contributed by atoms with Crippen LogP contribution in [0.25, 0.3) is 44.2 Å². The maximum Gasteiger partial charge on any atom is 0.281 e. The number of sulfonamides is 1. The molecule has 0 bridgehead atoms. The molecule has 7 rings (SSSR count). The summed E-state index contributed by atoms with van der Waals surface area (Å²) in [6, 6.07) is 34.8. The summed E-state index contributed by atoms with van der Waals surface area (Å²) >= 11 is 1.82. The van der Waals surface area contributed by atoms with Gasteiger partial charge in [0.2, 0.25) is 0 Å². The standard InChI is InChI=1S/C34H27N5O2S2/c1-39(43(40,41)31-20-35-22-37-31)26-15-13-24(14-16-26)29-19-36-34-33(32(29)25-8-4-2-5-9-25)28-18-23(12-17-30(28)38-34)21-42-27-10-6-3-7-11-27/h2-20,22H,21H2,1H3,(H,35,37)(H,36,38). The number of hydrogen-bond acceptors (Lipinski definition) is 5. The van der Waals surface area contributed by atoms with Gasteiger partial charge in [-0.15, -0.1) is 11.8 Å². The minimum atomic E-state index is -3.75. The molecule has 0 aliphatic rings. The van der Waals surface area contributed by atoms with Gasteiger partial charge in [-0.2, -0.15) is 8.42 Å². The van der Waals surface area contributed by atoms with Crippen molar-refractivity contribution in [1.82, 2.24) is 19.9 Å². The highest BCUT2D eigenvalue weighted by Gasteiger charge is 2.23. The van der Waals surface area contributed by atoms with E-state index in [0.717, 1.165) is 49.9 Å². The first-order valence-corrected chi connectivity index (χ1v) is 16.2. The minimum Gasteiger partial charge on any atom is -0.339 e. The van der Waals surface area contributed by atoms with Crippen molar-refractivity contribution in [3.8, 4) is 22.3 Å². The third-order valence-corrected chi connectivity index (χ3v) is 10.3. The van der Waals surface area contributed by atoms with Crippen LogP contribution >= 0.6 is 11.8 Å². The smallest absolute Gasteiger partial charge is 0.281 e. The van der Waals surface area contributed by atoms with E-state index in [1.807, 2.05) is 66.5 Å². The first kappa shape index (κ1) is 27.0. The number of aromatic amines is 2. The number of imidazole rings is 1. The third-order valence-electron chi connectivity index (χ3n) is 7.55. The van der Waals surface area contributed by atoms with E-state index >= 15 is 0 Å². The number of anilines is 1. The minimum absolute atomic E-state index is 0.0426. The van der Waals surface area contributed by atoms with Gasteiger partial charge in [-0.1, -0.05) is 66.7 Å². The highest BCUT2D eigenvalue weighted by Crippen LogP contribution is 2.41. The molecule has 4 aromatic carbocycles. The lowest BCUT2D eigenvalue weighted by atomic mass is 9.92. The third kappa shape index (κ3) is 5.07. The van der Waals surface area contributed by atoms with E-state index in [1.54, 1.807) is 0 Å². The van der Waals surface area contributed by atoms with Gasteiger partial charge in [0, 0.05) is 51.3 Å². The Labute approximate surface area is 253 Å². The fourth-order valence-corrected chi connectivity index (χ4v) is 7.27. The fraction of sp³-hybridized carbons (Fsp3) is 0.0588. The molecular formula is C34H27N5O2S2. The Hall–Kier alpha value is -4.86. The number of rotatable bonds is 8. The van der Waals surface area contributed by atoms with Crippen molar-refractivity contribution in [1.29, 1.82) is 0 Å². The lowest BCUT2D eigenvalue weighted by molar-refractivity contribution is 0.591. The molecule has 7 aromatic rings. The van der Waals surface area contributed by atoms with Crippen LogP contribution in [-0.2, 0) is 15.8 Å². The van der Waals surface area contributed by atoms with Crippen LogP contribution in [0.4, 0.5) is 5.69 Å². The van der Waals surface area contributed by atoms with Crippen molar-refractivity contribution in [2.24, 2.45) is 0 Å². The zero-order valence-corrected chi connectivity index (χ0v) is 24.9. The predicted octanol–water partition coefficient (Wildman–Crippen LogP) is 7.89. The van der Waals surface area contributed by atoms with Crippen LogP contribution in [0.15, 0.2) is 132 Å². The van der Waals surface area contributed by atoms with Crippen LogP contribution in [0.1, 0.15) is 5.56 Å². The number of hydrogen-bond donors (Lipinski definition) is 2. The number of thioether (sulfide) groups is 1. The van der Waals surface area contributed by atoms with Crippen LogP contribution in [0.3, 0.4) is 0 Å². The SMILES string of the molecule is CN(c1ccc(-c2cnc3[nH]c4ccc(CSc5ccccc5)cc4c3c2-c2ccccc2)cc1)S(=O)(=O)c1cnc[nH]1. The molecule has 43 heavy (non-hydrogen) atoms. The largest absolute Gasteiger partial charge is 0.339 e. The monoisotopic (exact) mass is 601 g/mol. The Morgan fingerprint density at radius 3 is 2.30 bits per heavy atom. The van der Waals surface area contributed by atoms with Crippen LogP contribution in [0.5, 0.6) is 0 Å². The van der Waals surface area contributed by atoms with Crippen LogP contribution < -0.4 is 4.31 Å². The van der Waals surface area contributed by atoms with Crippen molar-refractivity contribution in [2.45, 2.75) is 15.7 Å². The topological polar surface area (TPSA) is 94.7 Å². The van der Waals surface area contributed by atoms with Crippen molar-refractivity contribution >= 4 is 49.4 Å². The number of aromatic nitrogens is 4. The second-order valence-electron chi connectivity index (χ2n) is 10.2. The molecule has 212 valence electrons. The van der Waals surface area contributed by atoms with Gasteiger partial charge >= 0.3 is 0 Å². The summed E-state index contributed by atoms with van der Waals surface area (Å²) < 4.78 is 27.3. The number of pyridine rings is 1. The second-order valence-corrected chi connectivity index (χ2v) is 13.2. The van der Waals surface area contributed by atoms with E-state index in [9.17, 15) is 8.42 Å². The van der Waals surface area contributed by atoms with Crippen molar-refractivity contribution in [2.75, 3.05) is 11.4 Å². The van der Waals surface area contributed by atoms with Crippen LogP contribution in [0.2, 0.25) is 0 Å². The Balaban J connectivity index is 1.33. The quantitative estimate of drug-likeness (QED) is 0.173. The summed E-state index contributed by atoms with van der Waals surface area (Å²) in [7, 11) is -2.22. The molecule has 0 saturated heterocycles. The van der Waals surface area contributed by atoms with Crippen LogP contribution in [-0.4, -0.2) is 35.4 Å². The molecule has 0 saturated carbocycles. The van der Waals surface area contributed by atoms with E-state index in [0.29, 0.717) is 5.69 Å². The van der Waals surface area contributed by atoms with Gasteiger partial charge in [0.15, 0.2) is 5.03 Å². The molecule has 3 heterocycles. The van der Waals surface area contributed by atoms with E-state index < -0.39 is 10.0 Å². The lowest BCUT2D eigenvalue weighted by Crippen LogP contribution is -2.26. The first-order valence-electron chi connectivity index (χ1n) is 13.7. The Morgan fingerprint density at radius 1 is 0.837 bits per heavy atom. The van der Waals surface area contributed by atoms with Crippen molar-refractivity contribution in [3.63, 3.8) is 0 Å². The fourth-order valence-electron chi connectivity index (χ4n) is 5.32. The average Bonchev–Trinajstić information content (AvgIpc) is 3.73. The van der Waals surface area contributed by atoms with E-state index in [2.05, 4.69) is 69.5 Å². The average molecular weight is 602 g/mol. The zero-order chi connectivity index (χ0) is 29.4. The number of fused-ring (bicyclic) bond motifs is 3. The molecule has 7 nitrogen and oxygen atoms in total. The lowest BCUT2D eigenvalue weighted by Gasteiger charge is -2.19. The number of nitrogens with zero attached hydrogens (tertiary/aromatic N) is 3. The molecule has 0 radical (unpaired) electrons. The molecule has 0 atom stereocenters. The first-order chi connectivity index (χ1) is 21.0. The number of nitrogens with one attached hydrogen (secondary N) is 2. The summed E-state index contributed by atoms with van der Waals surface area (Å²) in [5, 5.41) is 2.23. The molecule has 2 N–H and O–H groups in total. The predicted molar refractivity (Wildman–Crippen MR) is 175 cm³/mol. The van der Waals surface area contributed by atoms with Gasteiger partial charge in [-0.05, 0) is 53.1 Å². The summed E-state index contributed by atoms with van der Waals surface area (Å²) in [6.07, 6.45) is 4.56. The summed E-state index contributed by atoms with van der Waals surface area (Å²) in [6.45, 7) is 0. The Bertz CT molecular complexity index is 2140. The van der Waals surface area contributed by atoms with Crippen molar-refractivity contribution in [3.05, 3.63) is 127 Å². The van der Waals surface area contributed by atoms with E-state index in [4.69, 9.17) is 4.98 Å². The number of H-pyrrole nitrogens is 2. The molecular weight excluding hydrogens is 575 g/mol. The molecule has 0 spiro atoms. The highest BCUT2D eigenvalue weighted by molar-refractivity contribution is 7.98. The molecule has 9 heteroatoms. The Morgan fingerprint density at radius 2 is 1.58 bits per heavy atom. The van der Waals surface area contributed by atoms with Gasteiger partial charge in [-0.25, -0.2) is 9.97 Å². The summed E-state index contributed by atoms with van der Waals surface area (Å²) in [4.78, 5) is 16.2. The summed E-state index contributed by atoms with van der Waals surface area (Å²) in [5.74, 6) is 0.858. The van der Waals surface area contributed by atoms with E-state index in [-0.39, 0.29) is 5.03 Å². The second kappa shape index (κ2) is 11.1. The van der Waals surface area contributed by atoms with Gasteiger partial charge < -0.3 is 9.97 Å². The molecule has 0 amide bonds. The van der Waals surface area contributed by atoms with Gasteiger partial charge in [0.25, 0.3) is 10.0 Å². The van der Waals surface area contributed by atoms with Gasteiger partial charge in [-0.3, -0.25) is 4.31 Å². The highest BCUT2D eigenvalue weighted by atomic mass is 32.2. The summed E-state index contributed by atoms with van der Waals surface area (Å²) in [5.41, 5.74) is 7.70. The maximum atomic E-state index is 13.0. The van der Waals surface area contributed by atoms with Crippen LogP contribution in [0, 0.1) is 0 Å². The molecule has 0 aliphatic carbocycles. The van der Waals surface area contributed by atoms with E-state index in [1.165, 1.54) is 34.3 Å². The van der Waals surface area contributed by atoms with Crippen molar-refractivity contribution < 1.29 is 8.42 Å². The van der Waals surface area contributed by atoms with Gasteiger partial charge in [0.1, 0.15) is 5.65 Å². The molecule has 3 aromatic heterocycles. The Kier molecular flexibility index (Phi) is 6.96. The molecule has 0 unspecified atom stereocenters. The normalized spacial score (nSPS) is 11.7. The zero-order valence-electron chi connectivity index (χ0n) is 23.2.